The van der Waals surface area contributed by atoms with E-state index in [4.69, 9.17) is 10.2 Å². The number of para-hydroxylation sites is 1. The molecule has 0 unspecified atom stereocenters. The van der Waals surface area contributed by atoms with Gasteiger partial charge in [-0.15, -0.1) is 11.3 Å². The van der Waals surface area contributed by atoms with Crippen molar-refractivity contribution in [2.45, 2.75) is 6.92 Å². The molecule has 180 valence electrons. The number of carbonyl (C=O) groups excluding carboxylic acids is 2. The lowest BCUT2D eigenvalue weighted by molar-refractivity contribution is -0.114. The van der Waals surface area contributed by atoms with Gasteiger partial charge in [0.1, 0.15) is 16.3 Å². The van der Waals surface area contributed by atoms with Gasteiger partial charge in [-0.05, 0) is 54.4 Å². The fourth-order valence-corrected chi connectivity index (χ4v) is 5.81. The summed E-state index contributed by atoms with van der Waals surface area (Å²) >= 11 is 2.57. The summed E-state index contributed by atoms with van der Waals surface area (Å²) in [4.78, 5) is 27.9. The number of hydrogen-bond donors (Lipinski definition) is 0. The first-order valence-corrected chi connectivity index (χ1v) is 13.3. The summed E-state index contributed by atoms with van der Waals surface area (Å²) in [6.45, 7) is 2.01. The van der Waals surface area contributed by atoms with Crippen LogP contribution in [0.15, 0.2) is 123 Å². The van der Waals surface area contributed by atoms with Crippen molar-refractivity contribution in [3.05, 3.63) is 129 Å². The van der Waals surface area contributed by atoms with E-state index in [0.717, 1.165) is 16.8 Å². The Labute approximate surface area is 222 Å². The molecule has 0 N–H and O–H groups in total. The zero-order valence-corrected chi connectivity index (χ0v) is 21.4. The Balaban J connectivity index is 1.53. The van der Waals surface area contributed by atoms with Crippen molar-refractivity contribution in [2.24, 2.45) is 10.2 Å². The van der Waals surface area contributed by atoms with Gasteiger partial charge in [-0.3, -0.25) is 9.59 Å². The molecule has 0 aliphatic carbocycles. The second-order valence-corrected chi connectivity index (χ2v) is 10.3. The van der Waals surface area contributed by atoms with E-state index in [2.05, 4.69) is 0 Å². The zero-order chi connectivity index (χ0) is 25.4. The SMILES string of the molecule is Cc1ccc(N2N=C(C(=O)c3cccs3)SC2=C2C(=O)N(c3ccccc3)N=C2c2ccccc2)cc1. The van der Waals surface area contributed by atoms with E-state index in [1.165, 1.54) is 28.1 Å². The molecule has 2 aliphatic rings. The molecule has 6 rings (SSSR count). The molecule has 1 amide bonds. The highest BCUT2D eigenvalue weighted by Gasteiger charge is 2.40. The largest absolute Gasteiger partial charge is 0.285 e. The molecule has 0 fully saturated rings. The van der Waals surface area contributed by atoms with Crippen molar-refractivity contribution in [3.8, 4) is 0 Å². The quantitative estimate of drug-likeness (QED) is 0.224. The monoisotopic (exact) mass is 520 g/mol. The molecule has 4 aromatic rings. The summed E-state index contributed by atoms with van der Waals surface area (Å²) in [7, 11) is 0. The molecule has 0 saturated heterocycles. The molecule has 6 nitrogen and oxygen atoms in total. The molecular formula is C29H20N4O2S2. The maximum atomic E-state index is 14.0. The molecule has 0 saturated carbocycles. The fourth-order valence-electron chi connectivity index (χ4n) is 4.05. The standard InChI is InChI=1S/C29H20N4O2S2/c1-19-14-16-22(17-15-19)33-29(37-27(31-33)26(34)23-13-8-18-36-23)24-25(20-9-4-2-5-10-20)30-32(28(24)35)21-11-6-3-7-12-21/h2-18H,1H3. The number of benzene rings is 3. The van der Waals surface area contributed by atoms with Crippen LogP contribution in [0.3, 0.4) is 0 Å². The Hall–Kier alpha value is -4.27. The maximum Gasteiger partial charge on any atom is 0.283 e. The van der Waals surface area contributed by atoms with E-state index >= 15 is 0 Å². The lowest BCUT2D eigenvalue weighted by Gasteiger charge is -2.18. The first kappa shape index (κ1) is 23.1. The van der Waals surface area contributed by atoms with Gasteiger partial charge in [-0.25, -0.2) is 5.01 Å². The predicted octanol–water partition coefficient (Wildman–Crippen LogP) is 6.47. The third-order valence-corrected chi connectivity index (χ3v) is 7.80. The predicted molar refractivity (Wildman–Crippen MR) is 151 cm³/mol. The maximum absolute atomic E-state index is 14.0. The molecule has 0 bridgehead atoms. The topological polar surface area (TPSA) is 65.3 Å². The van der Waals surface area contributed by atoms with Crippen LogP contribution in [-0.4, -0.2) is 22.4 Å². The van der Waals surface area contributed by atoms with E-state index < -0.39 is 0 Å². The molecule has 2 aliphatic heterocycles. The minimum absolute atomic E-state index is 0.170. The van der Waals surface area contributed by atoms with Crippen LogP contribution in [0, 0.1) is 6.92 Å². The smallest absolute Gasteiger partial charge is 0.283 e. The molecule has 0 radical (unpaired) electrons. The van der Waals surface area contributed by atoms with Gasteiger partial charge in [-0.2, -0.15) is 15.2 Å². The number of rotatable bonds is 5. The molecule has 1 aromatic heterocycles. The van der Waals surface area contributed by atoms with Gasteiger partial charge in [0.05, 0.1) is 16.3 Å². The van der Waals surface area contributed by atoms with Crippen molar-refractivity contribution in [1.82, 2.24) is 0 Å². The number of amides is 1. The third-order valence-electron chi connectivity index (χ3n) is 5.90. The number of ketones is 1. The first-order chi connectivity index (χ1) is 18.1. The minimum Gasteiger partial charge on any atom is -0.285 e. The van der Waals surface area contributed by atoms with E-state index in [9.17, 15) is 9.59 Å². The molecule has 0 atom stereocenters. The lowest BCUT2D eigenvalue weighted by Crippen LogP contribution is -2.24. The van der Waals surface area contributed by atoms with Crippen molar-refractivity contribution in [1.29, 1.82) is 0 Å². The van der Waals surface area contributed by atoms with Gasteiger partial charge in [0, 0.05) is 5.56 Å². The molecule has 3 aromatic carbocycles. The number of anilines is 2. The molecular weight excluding hydrogens is 500 g/mol. The molecule has 8 heteroatoms. The summed E-state index contributed by atoms with van der Waals surface area (Å²) in [5, 5.41) is 15.3. The highest BCUT2D eigenvalue weighted by atomic mass is 32.2. The second kappa shape index (κ2) is 9.65. The van der Waals surface area contributed by atoms with Gasteiger partial charge >= 0.3 is 0 Å². The Morgan fingerprint density at radius 2 is 1.43 bits per heavy atom. The average Bonchev–Trinajstić information content (AvgIpc) is 3.69. The van der Waals surface area contributed by atoms with Gasteiger partial charge < -0.3 is 0 Å². The Kier molecular flexibility index (Phi) is 6.04. The summed E-state index contributed by atoms with van der Waals surface area (Å²) in [5.41, 5.74) is 4.26. The average molecular weight is 521 g/mol. The van der Waals surface area contributed by atoms with Crippen LogP contribution >= 0.6 is 23.1 Å². The number of nitrogens with zero attached hydrogens (tertiary/aromatic N) is 4. The highest BCUT2D eigenvalue weighted by Crippen LogP contribution is 2.41. The number of Topliss-reactive ketones (excluding diaryl/α,β-unsaturated/α-hetero) is 1. The van der Waals surface area contributed by atoms with Gasteiger partial charge in [0.25, 0.3) is 5.91 Å². The number of hydrogen-bond acceptors (Lipinski definition) is 7. The van der Waals surface area contributed by atoms with Crippen molar-refractivity contribution in [2.75, 3.05) is 10.0 Å². The Morgan fingerprint density at radius 3 is 2.11 bits per heavy atom. The normalized spacial score (nSPS) is 17.3. The van der Waals surface area contributed by atoms with Crippen LogP contribution in [0.2, 0.25) is 0 Å². The fraction of sp³-hybridized carbons (Fsp3) is 0.0345. The number of aryl methyl sites for hydroxylation is 1. The second-order valence-electron chi connectivity index (χ2n) is 8.41. The van der Waals surface area contributed by atoms with Gasteiger partial charge in [-0.1, -0.05) is 72.3 Å². The summed E-state index contributed by atoms with van der Waals surface area (Å²) in [6.07, 6.45) is 0. The zero-order valence-electron chi connectivity index (χ0n) is 19.7. The van der Waals surface area contributed by atoms with Crippen molar-refractivity contribution < 1.29 is 9.59 Å². The number of hydrazone groups is 2. The van der Waals surface area contributed by atoms with Crippen LogP contribution in [0.4, 0.5) is 11.4 Å². The summed E-state index contributed by atoms with van der Waals surface area (Å²) < 4.78 is 0. The lowest BCUT2D eigenvalue weighted by atomic mass is 10.0. The molecule has 37 heavy (non-hydrogen) atoms. The summed E-state index contributed by atoms with van der Waals surface area (Å²) in [5.74, 6) is -0.444. The van der Waals surface area contributed by atoms with Crippen LogP contribution < -0.4 is 10.0 Å². The van der Waals surface area contributed by atoms with Crippen molar-refractivity contribution >= 4 is 56.9 Å². The van der Waals surface area contributed by atoms with Gasteiger partial charge in [0.2, 0.25) is 5.78 Å². The van der Waals surface area contributed by atoms with Crippen LogP contribution in [0.1, 0.15) is 20.8 Å². The number of thioether (sulfide) groups is 1. The highest BCUT2D eigenvalue weighted by molar-refractivity contribution is 8.19. The van der Waals surface area contributed by atoms with Crippen LogP contribution in [0.5, 0.6) is 0 Å². The van der Waals surface area contributed by atoms with Crippen molar-refractivity contribution in [3.63, 3.8) is 0 Å². The van der Waals surface area contributed by atoms with E-state index in [-0.39, 0.29) is 11.7 Å². The summed E-state index contributed by atoms with van der Waals surface area (Å²) in [6, 6.07) is 30.4. The third kappa shape index (κ3) is 4.30. The molecule has 0 spiro atoms. The van der Waals surface area contributed by atoms with Crippen LogP contribution in [-0.2, 0) is 4.79 Å². The Bertz CT molecular complexity index is 1580. The number of carbonyl (C=O) groups is 2. The van der Waals surface area contributed by atoms with E-state index in [1.54, 1.807) is 11.1 Å². The van der Waals surface area contributed by atoms with Gasteiger partial charge in [0.15, 0.2) is 5.04 Å². The first-order valence-electron chi connectivity index (χ1n) is 11.6. The van der Waals surface area contributed by atoms with E-state index in [1.807, 2.05) is 103 Å². The van der Waals surface area contributed by atoms with E-state index in [0.29, 0.717) is 31.9 Å². The minimum atomic E-state index is -0.273. The Morgan fingerprint density at radius 1 is 0.757 bits per heavy atom. The molecule has 3 heterocycles. The van der Waals surface area contributed by atoms with Crippen LogP contribution in [0.25, 0.3) is 0 Å². The number of thiophene rings is 1.